The topological polar surface area (TPSA) is 37.8 Å². The maximum Gasteiger partial charge on any atom is 0.141 e. The van der Waals surface area contributed by atoms with E-state index in [9.17, 15) is 0 Å². The van der Waals surface area contributed by atoms with E-state index >= 15 is 0 Å². The molecule has 0 fully saturated rings. The van der Waals surface area contributed by atoms with Gasteiger partial charge in [-0.15, -0.1) is 11.8 Å². The Hall–Kier alpha value is -1.55. The highest BCUT2D eigenvalue weighted by Crippen LogP contribution is 2.24. The molecule has 0 bridgehead atoms. The van der Waals surface area contributed by atoms with Crippen molar-refractivity contribution < 1.29 is 0 Å². The summed E-state index contributed by atoms with van der Waals surface area (Å²) in [7, 11) is 0. The summed E-state index contributed by atoms with van der Waals surface area (Å²) in [6.45, 7) is 9.40. The molecule has 1 aromatic heterocycles. The van der Waals surface area contributed by atoms with Crippen LogP contribution in [0.2, 0.25) is 0 Å². The first-order valence-electron chi connectivity index (χ1n) is 7.37. The molecule has 0 saturated heterocycles. The summed E-state index contributed by atoms with van der Waals surface area (Å²) < 4.78 is 0. The average Bonchev–Trinajstić information content (AvgIpc) is 2.46. The van der Waals surface area contributed by atoms with Crippen molar-refractivity contribution in [3.05, 3.63) is 46.9 Å². The third-order valence-corrected chi connectivity index (χ3v) is 4.29. The molecule has 4 heteroatoms. The van der Waals surface area contributed by atoms with E-state index in [4.69, 9.17) is 0 Å². The molecule has 0 unspecified atom stereocenters. The summed E-state index contributed by atoms with van der Waals surface area (Å²) in [5.74, 6) is 2.61. The van der Waals surface area contributed by atoms with Gasteiger partial charge in [-0.3, -0.25) is 0 Å². The van der Waals surface area contributed by atoms with Crippen LogP contribution in [0, 0.1) is 20.8 Å². The lowest BCUT2D eigenvalue weighted by molar-refractivity contribution is 0.940. The van der Waals surface area contributed by atoms with Gasteiger partial charge in [-0.2, -0.15) is 0 Å². The number of hydrogen-bond donors (Lipinski definition) is 1. The van der Waals surface area contributed by atoms with Crippen molar-refractivity contribution in [1.82, 2.24) is 9.97 Å². The van der Waals surface area contributed by atoms with Gasteiger partial charge in [-0.05, 0) is 50.5 Å². The molecule has 21 heavy (non-hydrogen) atoms. The Kier molecular flexibility index (Phi) is 5.62. The molecule has 0 saturated carbocycles. The van der Waals surface area contributed by atoms with Gasteiger partial charge in [0.05, 0.1) is 5.75 Å². The Morgan fingerprint density at radius 1 is 1.05 bits per heavy atom. The summed E-state index contributed by atoms with van der Waals surface area (Å²) in [6, 6.07) is 8.56. The summed E-state index contributed by atoms with van der Waals surface area (Å²) in [5.41, 5.74) is 3.67. The average molecular weight is 301 g/mol. The Bertz CT molecular complexity index is 611. The number of nitrogens with one attached hydrogen (secondary N) is 1. The molecule has 1 heterocycles. The zero-order valence-corrected chi connectivity index (χ0v) is 14.0. The highest BCUT2D eigenvalue weighted by Gasteiger charge is 2.04. The van der Waals surface area contributed by atoms with Gasteiger partial charge in [-0.25, -0.2) is 9.97 Å². The van der Waals surface area contributed by atoms with Gasteiger partial charge in [-0.1, -0.05) is 13.0 Å². The predicted molar refractivity (Wildman–Crippen MR) is 91.0 cm³/mol. The third kappa shape index (κ3) is 4.74. The first kappa shape index (κ1) is 15.8. The van der Waals surface area contributed by atoms with Crippen LogP contribution >= 0.6 is 11.8 Å². The molecule has 0 aliphatic heterocycles. The van der Waals surface area contributed by atoms with Crippen LogP contribution in [0.15, 0.2) is 29.2 Å². The summed E-state index contributed by atoms with van der Waals surface area (Å²) in [5, 5.41) is 3.33. The lowest BCUT2D eigenvalue weighted by Gasteiger charge is -2.08. The molecule has 1 N–H and O–H groups in total. The van der Waals surface area contributed by atoms with E-state index in [0.717, 1.165) is 36.1 Å². The molecule has 1 aromatic carbocycles. The second-order valence-electron chi connectivity index (χ2n) is 5.27. The highest BCUT2D eigenvalue weighted by atomic mass is 32.2. The van der Waals surface area contributed by atoms with Crippen molar-refractivity contribution in [2.75, 3.05) is 11.9 Å². The van der Waals surface area contributed by atoms with Crippen LogP contribution in [0.4, 0.5) is 5.82 Å². The monoisotopic (exact) mass is 301 g/mol. The first-order chi connectivity index (χ1) is 10.1. The number of aryl methyl sites for hydroxylation is 3. The minimum absolute atomic E-state index is 0.797. The second kappa shape index (κ2) is 7.46. The van der Waals surface area contributed by atoms with Crippen LogP contribution in [-0.4, -0.2) is 16.5 Å². The molecule has 2 aromatic rings. The van der Waals surface area contributed by atoms with E-state index < -0.39 is 0 Å². The fourth-order valence-electron chi connectivity index (χ4n) is 1.99. The summed E-state index contributed by atoms with van der Waals surface area (Å²) in [4.78, 5) is 10.4. The number of anilines is 1. The fourth-order valence-corrected chi connectivity index (χ4v) is 2.84. The second-order valence-corrected chi connectivity index (χ2v) is 6.32. The van der Waals surface area contributed by atoms with Crippen LogP contribution in [0.3, 0.4) is 0 Å². The number of hydrogen-bond acceptors (Lipinski definition) is 4. The molecule has 112 valence electrons. The lowest BCUT2D eigenvalue weighted by Crippen LogP contribution is -2.05. The standard InChI is InChI=1S/C17H23N3S/c1-5-8-18-16-10-14(4)19-17(20-16)11-21-15-7-6-12(2)13(3)9-15/h6-7,9-10H,5,8,11H2,1-4H3,(H,18,19,20). The molecule has 0 radical (unpaired) electrons. The normalized spacial score (nSPS) is 10.7. The number of nitrogens with zero attached hydrogens (tertiary/aromatic N) is 2. The van der Waals surface area contributed by atoms with Crippen LogP contribution in [-0.2, 0) is 5.75 Å². The molecule has 0 amide bonds. The van der Waals surface area contributed by atoms with E-state index in [1.165, 1.54) is 16.0 Å². The van der Waals surface area contributed by atoms with Crippen LogP contribution < -0.4 is 5.32 Å². The van der Waals surface area contributed by atoms with E-state index in [-0.39, 0.29) is 0 Å². The van der Waals surface area contributed by atoms with Gasteiger partial charge in [0.15, 0.2) is 0 Å². The van der Waals surface area contributed by atoms with Crippen molar-refractivity contribution in [3.8, 4) is 0 Å². The van der Waals surface area contributed by atoms with Crippen LogP contribution in [0.25, 0.3) is 0 Å². The summed E-state index contributed by atoms with van der Waals surface area (Å²) >= 11 is 1.78. The Morgan fingerprint density at radius 3 is 2.57 bits per heavy atom. The van der Waals surface area contributed by atoms with E-state index in [1.807, 2.05) is 13.0 Å². The van der Waals surface area contributed by atoms with Gasteiger partial charge in [0, 0.05) is 23.2 Å². The molecular weight excluding hydrogens is 278 g/mol. The molecule has 3 nitrogen and oxygen atoms in total. The SMILES string of the molecule is CCCNc1cc(C)nc(CSc2ccc(C)c(C)c2)n1. The Balaban J connectivity index is 2.05. The van der Waals surface area contributed by atoms with Crippen LogP contribution in [0.1, 0.15) is 36.0 Å². The van der Waals surface area contributed by atoms with Crippen molar-refractivity contribution in [3.63, 3.8) is 0 Å². The third-order valence-electron chi connectivity index (χ3n) is 3.30. The lowest BCUT2D eigenvalue weighted by atomic mass is 10.1. The maximum absolute atomic E-state index is 4.58. The Labute approximate surface area is 131 Å². The van der Waals surface area contributed by atoms with E-state index in [2.05, 4.69) is 54.3 Å². The van der Waals surface area contributed by atoms with Gasteiger partial charge in [0.25, 0.3) is 0 Å². The smallest absolute Gasteiger partial charge is 0.141 e. The number of rotatable bonds is 6. The zero-order chi connectivity index (χ0) is 15.2. The molecule has 2 rings (SSSR count). The largest absolute Gasteiger partial charge is 0.370 e. The molecule has 0 spiro atoms. The van der Waals surface area contributed by atoms with Gasteiger partial charge in [0.1, 0.15) is 11.6 Å². The van der Waals surface area contributed by atoms with Crippen molar-refractivity contribution in [2.45, 2.75) is 44.8 Å². The molecule has 0 atom stereocenters. The predicted octanol–water partition coefficient (Wildman–Crippen LogP) is 4.52. The minimum atomic E-state index is 0.797. The first-order valence-corrected chi connectivity index (χ1v) is 8.35. The minimum Gasteiger partial charge on any atom is -0.370 e. The quantitative estimate of drug-likeness (QED) is 0.796. The molecule has 0 aliphatic rings. The number of aromatic nitrogens is 2. The Morgan fingerprint density at radius 2 is 1.86 bits per heavy atom. The maximum atomic E-state index is 4.58. The van der Waals surface area contributed by atoms with E-state index in [1.54, 1.807) is 11.8 Å². The highest BCUT2D eigenvalue weighted by molar-refractivity contribution is 7.98. The summed E-state index contributed by atoms with van der Waals surface area (Å²) in [6.07, 6.45) is 1.09. The molecular formula is C17H23N3S. The van der Waals surface area contributed by atoms with E-state index in [0.29, 0.717) is 0 Å². The van der Waals surface area contributed by atoms with Gasteiger partial charge < -0.3 is 5.32 Å². The fraction of sp³-hybridized carbons (Fsp3) is 0.412. The van der Waals surface area contributed by atoms with Crippen molar-refractivity contribution in [1.29, 1.82) is 0 Å². The van der Waals surface area contributed by atoms with Gasteiger partial charge >= 0.3 is 0 Å². The van der Waals surface area contributed by atoms with Gasteiger partial charge in [0.2, 0.25) is 0 Å². The number of thioether (sulfide) groups is 1. The van der Waals surface area contributed by atoms with Crippen LogP contribution in [0.5, 0.6) is 0 Å². The number of benzene rings is 1. The van der Waals surface area contributed by atoms with Crippen molar-refractivity contribution >= 4 is 17.6 Å². The van der Waals surface area contributed by atoms with Crippen molar-refractivity contribution in [2.24, 2.45) is 0 Å². The molecule has 0 aliphatic carbocycles. The zero-order valence-electron chi connectivity index (χ0n) is 13.2.